The molecule has 6 nitrogen and oxygen atoms in total. The largest absolute Gasteiger partial charge is 0.508 e. The van der Waals surface area contributed by atoms with Crippen molar-refractivity contribution < 1.29 is 14.7 Å². The highest BCUT2D eigenvalue weighted by atomic mass is 16.3. The van der Waals surface area contributed by atoms with Crippen LogP contribution >= 0.6 is 0 Å². The zero-order valence-electron chi connectivity index (χ0n) is 12.4. The van der Waals surface area contributed by atoms with Gasteiger partial charge in [0, 0.05) is 0 Å². The Hall–Kier alpha value is -3.15. The van der Waals surface area contributed by atoms with Crippen LogP contribution in [0.1, 0.15) is 18.1 Å². The Labute approximate surface area is 133 Å². The van der Waals surface area contributed by atoms with Crippen molar-refractivity contribution in [2.45, 2.75) is 12.5 Å². The van der Waals surface area contributed by atoms with Crippen LogP contribution in [0.25, 0.3) is 0 Å². The molecule has 116 valence electrons. The Morgan fingerprint density at radius 2 is 1.87 bits per heavy atom. The van der Waals surface area contributed by atoms with E-state index in [1.165, 1.54) is 18.3 Å². The van der Waals surface area contributed by atoms with Crippen molar-refractivity contribution in [3.8, 4) is 5.75 Å². The van der Waals surface area contributed by atoms with Crippen LogP contribution in [0.2, 0.25) is 0 Å². The molecule has 1 fully saturated rings. The Bertz CT molecular complexity index is 789. The van der Waals surface area contributed by atoms with E-state index in [-0.39, 0.29) is 5.75 Å². The lowest BCUT2D eigenvalue weighted by molar-refractivity contribution is -0.131. The first-order valence-corrected chi connectivity index (χ1v) is 7.06. The zero-order valence-corrected chi connectivity index (χ0v) is 12.4. The lowest BCUT2D eigenvalue weighted by Crippen LogP contribution is -2.40. The van der Waals surface area contributed by atoms with Crippen LogP contribution < -0.4 is 5.32 Å². The fourth-order valence-electron chi connectivity index (χ4n) is 2.43. The normalized spacial score (nSPS) is 21.0. The van der Waals surface area contributed by atoms with E-state index in [4.69, 9.17) is 0 Å². The quantitative estimate of drug-likeness (QED) is 0.673. The van der Waals surface area contributed by atoms with Crippen LogP contribution in [0.4, 0.5) is 4.79 Å². The summed E-state index contributed by atoms with van der Waals surface area (Å²) in [6.07, 6.45) is 1.36. The first-order valence-electron chi connectivity index (χ1n) is 7.06. The van der Waals surface area contributed by atoms with Gasteiger partial charge in [0.25, 0.3) is 5.91 Å². The van der Waals surface area contributed by atoms with E-state index in [1.54, 1.807) is 43.3 Å². The van der Waals surface area contributed by atoms with Gasteiger partial charge < -0.3 is 10.4 Å². The third-order valence-electron chi connectivity index (χ3n) is 3.71. The van der Waals surface area contributed by atoms with Gasteiger partial charge in [0.05, 0.1) is 6.21 Å². The number of hydrogen-bond donors (Lipinski definition) is 2. The summed E-state index contributed by atoms with van der Waals surface area (Å²) in [7, 11) is 0. The van der Waals surface area contributed by atoms with Crippen LogP contribution in [0.5, 0.6) is 5.75 Å². The summed E-state index contributed by atoms with van der Waals surface area (Å²) >= 11 is 0. The summed E-state index contributed by atoms with van der Waals surface area (Å²) in [5, 5.41) is 16.8. The topological polar surface area (TPSA) is 82.0 Å². The Kier molecular flexibility index (Phi) is 3.57. The molecule has 6 heteroatoms. The van der Waals surface area contributed by atoms with Gasteiger partial charge >= 0.3 is 6.03 Å². The number of nitrogens with one attached hydrogen (secondary N) is 1. The van der Waals surface area contributed by atoms with E-state index in [0.29, 0.717) is 11.1 Å². The fraction of sp³-hybridized carbons (Fsp3) is 0.118. The number of phenolic OH excluding ortho intramolecular Hbond substituents is 1. The molecule has 0 unspecified atom stereocenters. The van der Waals surface area contributed by atoms with Crippen molar-refractivity contribution in [1.82, 2.24) is 10.3 Å². The van der Waals surface area contributed by atoms with Crippen molar-refractivity contribution in [2.75, 3.05) is 0 Å². The van der Waals surface area contributed by atoms with Gasteiger partial charge in [-0.3, -0.25) is 4.79 Å². The number of phenols is 1. The standard InChI is InChI=1S/C17H15N3O3/c1-17(13-7-3-2-4-8-13)15(22)20(16(23)19-17)18-11-12-6-5-9-14(21)10-12/h2-11,21H,1H3,(H,19,23)/b18-11-/t17-/m1/s1. The molecule has 0 saturated carbocycles. The van der Waals surface area contributed by atoms with Gasteiger partial charge in [-0.2, -0.15) is 5.10 Å². The molecule has 0 bridgehead atoms. The number of amides is 3. The van der Waals surface area contributed by atoms with Crippen LogP contribution in [0.15, 0.2) is 59.7 Å². The molecule has 0 aliphatic carbocycles. The number of rotatable bonds is 3. The van der Waals surface area contributed by atoms with Gasteiger partial charge in [-0.15, -0.1) is 5.01 Å². The predicted octanol–water partition coefficient (Wildman–Crippen LogP) is 2.19. The third kappa shape index (κ3) is 2.66. The number of urea groups is 1. The molecule has 0 spiro atoms. The molecule has 0 radical (unpaired) electrons. The molecule has 1 saturated heterocycles. The second kappa shape index (κ2) is 5.57. The van der Waals surface area contributed by atoms with Crippen molar-refractivity contribution in [2.24, 2.45) is 5.10 Å². The Morgan fingerprint density at radius 3 is 2.57 bits per heavy atom. The third-order valence-corrected chi connectivity index (χ3v) is 3.71. The lowest BCUT2D eigenvalue weighted by Gasteiger charge is -2.20. The summed E-state index contributed by atoms with van der Waals surface area (Å²) in [4.78, 5) is 24.7. The second-order valence-electron chi connectivity index (χ2n) is 5.38. The molecule has 23 heavy (non-hydrogen) atoms. The van der Waals surface area contributed by atoms with Crippen molar-refractivity contribution >= 4 is 18.2 Å². The number of hydrogen-bond acceptors (Lipinski definition) is 4. The number of nitrogens with zero attached hydrogens (tertiary/aromatic N) is 2. The minimum Gasteiger partial charge on any atom is -0.508 e. The van der Waals surface area contributed by atoms with E-state index >= 15 is 0 Å². The molecule has 2 aromatic rings. The highest BCUT2D eigenvalue weighted by Crippen LogP contribution is 2.28. The molecule has 3 amide bonds. The predicted molar refractivity (Wildman–Crippen MR) is 84.9 cm³/mol. The maximum absolute atomic E-state index is 12.6. The summed E-state index contributed by atoms with van der Waals surface area (Å²) in [6.45, 7) is 1.65. The first kappa shape index (κ1) is 14.8. The second-order valence-corrected chi connectivity index (χ2v) is 5.38. The lowest BCUT2D eigenvalue weighted by atomic mass is 9.92. The highest BCUT2D eigenvalue weighted by molar-refractivity contribution is 6.07. The average Bonchev–Trinajstić information content (AvgIpc) is 2.77. The molecule has 0 aromatic heterocycles. The molecule has 2 N–H and O–H groups in total. The van der Waals surface area contributed by atoms with Crippen LogP contribution in [0.3, 0.4) is 0 Å². The zero-order chi connectivity index (χ0) is 16.4. The van der Waals surface area contributed by atoms with Gasteiger partial charge in [-0.05, 0) is 30.2 Å². The minimum atomic E-state index is -1.14. The van der Waals surface area contributed by atoms with Crippen molar-refractivity contribution in [1.29, 1.82) is 0 Å². The van der Waals surface area contributed by atoms with E-state index in [1.807, 2.05) is 6.07 Å². The SMILES string of the molecule is C[C@]1(c2ccccc2)NC(=O)N(/N=C\c2cccc(O)c2)C1=O. The van der Waals surface area contributed by atoms with E-state index < -0.39 is 17.5 Å². The summed E-state index contributed by atoms with van der Waals surface area (Å²) in [5.74, 6) is -0.370. The van der Waals surface area contributed by atoms with Gasteiger partial charge in [0.1, 0.15) is 11.3 Å². The van der Waals surface area contributed by atoms with Crippen LogP contribution in [-0.4, -0.2) is 28.3 Å². The monoisotopic (exact) mass is 309 g/mol. The maximum Gasteiger partial charge on any atom is 0.346 e. The molecule has 3 rings (SSSR count). The Morgan fingerprint density at radius 1 is 1.13 bits per heavy atom. The molecule has 1 aliphatic heterocycles. The van der Waals surface area contributed by atoms with Crippen molar-refractivity contribution in [3.05, 3.63) is 65.7 Å². The van der Waals surface area contributed by atoms with E-state index in [0.717, 1.165) is 5.01 Å². The summed E-state index contributed by atoms with van der Waals surface area (Å²) < 4.78 is 0. The minimum absolute atomic E-state index is 0.0836. The van der Waals surface area contributed by atoms with Crippen LogP contribution in [-0.2, 0) is 10.3 Å². The first-order chi connectivity index (χ1) is 11.0. The number of aromatic hydroxyl groups is 1. The Balaban J connectivity index is 1.87. The van der Waals surface area contributed by atoms with Gasteiger partial charge in [-0.25, -0.2) is 4.79 Å². The van der Waals surface area contributed by atoms with Gasteiger partial charge in [-0.1, -0.05) is 42.5 Å². The number of carbonyl (C=O) groups is 2. The van der Waals surface area contributed by atoms with Crippen LogP contribution in [0, 0.1) is 0 Å². The molecule has 1 aliphatic rings. The average molecular weight is 309 g/mol. The van der Waals surface area contributed by atoms with E-state index in [2.05, 4.69) is 10.4 Å². The van der Waals surface area contributed by atoms with Gasteiger partial charge in [0.15, 0.2) is 0 Å². The fourth-order valence-corrected chi connectivity index (χ4v) is 2.43. The van der Waals surface area contributed by atoms with E-state index in [9.17, 15) is 14.7 Å². The number of benzene rings is 2. The summed E-state index contributed by atoms with van der Waals surface area (Å²) in [5.41, 5.74) is 0.126. The number of carbonyl (C=O) groups excluding carboxylic acids is 2. The maximum atomic E-state index is 12.6. The molecular formula is C17H15N3O3. The smallest absolute Gasteiger partial charge is 0.346 e. The molecule has 1 heterocycles. The number of imide groups is 1. The molecule has 1 atom stereocenters. The highest BCUT2D eigenvalue weighted by Gasteiger charge is 2.49. The molecular weight excluding hydrogens is 294 g/mol. The molecule has 2 aromatic carbocycles. The summed E-state index contributed by atoms with van der Waals surface area (Å²) in [6, 6.07) is 14.8. The van der Waals surface area contributed by atoms with Gasteiger partial charge in [0.2, 0.25) is 0 Å². The van der Waals surface area contributed by atoms with Crippen molar-refractivity contribution in [3.63, 3.8) is 0 Å². The number of hydrazone groups is 1.